The summed E-state index contributed by atoms with van der Waals surface area (Å²) in [7, 11) is 1.62. The fraction of sp³-hybridized carbons (Fsp3) is 0.500. The first kappa shape index (κ1) is 15.8. The maximum absolute atomic E-state index is 14.5. The van der Waals surface area contributed by atoms with E-state index in [0.29, 0.717) is 23.9 Å². The zero-order valence-corrected chi connectivity index (χ0v) is 13.8. The largest absolute Gasteiger partial charge is 0.384 e. The molecule has 1 saturated heterocycles. The minimum absolute atomic E-state index is 0.0842. The second kappa shape index (κ2) is 5.98. The summed E-state index contributed by atoms with van der Waals surface area (Å²) in [5, 5.41) is 3.28. The van der Waals surface area contributed by atoms with E-state index in [1.54, 1.807) is 19.2 Å². The molecule has 3 heterocycles. The average Bonchev–Trinajstić information content (AvgIpc) is 3.13. The van der Waals surface area contributed by atoms with Gasteiger partial charge in [-0.1, -0.05) is 11.6 Å². The van der Waals surface area contributed by atoms with Crippen molar-refractivity contribution in [1.82, 2.24) is 14.7 Å². The third kappa shape index (κ3) is 2.39. The van der Waals surface area contributed by atoms with Crippen LogP contribution >= 0.6 is 11.6 Å². The summed E-state index contributed by atoms with van der Waals surface area (Å²) in [5.74, 6) is -0.903. The van der Waals surface area contributed by atoms with Crippen molar-refractivity contribution in [2.45, 2.75) is 18.6 Å². The van der Waals surface area contributed by atoms with Crippen molar-refractivity contribution >= 4 is 23.2 Å². The number of hydrogen-bond acceptors (Lipinski definition) is 4. The van der Waals surface area contributed by atoms with Gasteiger partial charge in [0.1, 0.15) is 5.65 Å². The van der Waals surface area contributed by atoms with Crippen LogP contribution in [0.1, 0.15) is 16.9 Å². The fourth-order valence-electron chi connectivity index (χ4n) is 3.79. The van der Waals surface area contributed by atoms with Crippen molar-refractivity contribution in [3.05, 3.63) is 35.0 Å². The maximum atomic E-state index is 14.5. The molecule has 1 aliphatic carbocycles. The van der Waals surface area contributed by atoms with Crippen molar-refractivity contribution in [1.29, 1.82) is 0 Å². The molecule has 2 aromatic rings. The molecular formula is C16H17ClFN3O3. The molecule has 0 bridgehead atoms. The summed E-state index contributed by atoms with van der Waals surface area (Å²) in [6.07, 6.45) is 2.40. The van der Waals surface area contributed by atoms with Gasteiger partial charge in [-0.2, -0.15) is 4.39 Å². The van der Waals surface area contributed by atoms with Crippen molar-refractivity contribution in [2.75, 3.05) is 20.3 Å². The lowest BCUT2D eigenvalue weighted by Gasteiger charge is -2.47. The van der Waals surface area contributed by atoms with Gasteiger partial charge in [0.25, 0.3) is 5.91 Å². The first-order valence-corrected chi connectivity index (χ1v) is 8.22. The molecule has 0 aromatic carbocycles. The summed E-state index contributed by atoms with van der Waals surface area (Å²) in [6, 6.07) is 3.09. The van der Waals surface area contributed by atoms with Crippen LogP contribution in [0.5, 0.6) is 0 Å². The number of halogens is 2. The molecule has 2 aromatic heterocycles. The number of methoxy groups -OCH3 is 1. The molecule has 128 valence electrons. The van der Waals surface area contributed by atoms with Gasteiger partial charge in [0.15, 0.2) is 5.69 Å². The summed E-state index contributed by atoms with van der Waals surface area (Å²) in [5.41, 5.74) is 0.113. The highest BCUT2D eigenvalue weighted by Crippen LogP contribution is 2.43. The molecule has 0 spiro atoms. The third-order valence-corrected chi connectivity index (χ3v) is 5.15. The number of ether oxygens (including phenoxy) is 2. The molecule has 4 atom stereocenters. The van der Waals surface area contributed by atoms with Gasteiger partial charge in [0.05, 0.1) is 17.7 Å². The van der Waals surface area contributed by atoms with Gasteiger partial charge in [-0.25, -0.2) is 4.98 Å². The van der Waals surface area contributed by atoms with E-state index in [1.165, 1.54) is 10.6 Å². The quantitative estimate of drug-likeness (QED) is 0.912. The average molecular weight is 354 g/mol. The predicted octanol–water partition coefficient (Wildman–Crippen LogP) is 1.91. The zero-order chi connectivity index (χ0) is 16.8. The Morgan fingerprint density at radius 1 is 1.58 bits per heavy atom. The Labute approximate surface area is 142 Å². The number of aromatic nitrogens is 2. The number of hydrogen-bond donors (Lipinski definition) is 1. The van der Waals surface area contributed by atoms with Crippen LogP contribution in [0.3, 0.4) is 0 Å². The minimum Gasteiger partial charge on any atom is -0.384 e. The number of nitrogens with one attached hydrogen (secondary N) is 1. The molecule has 0 unspecified atom stereocenters. The standard InChI is InChI=1S/C16H17ClFN3O3/c1-23-7-10-12(9-4-5-24-14(9)10)20-16(22)13-15(18)21-6-8(17)2-3-11(21)19-13/h2-3,6,9-10,12,14H,4-5,7H2,1H3,(H,20,22)/t9-,10+,12+,14-/m1/s1. The predicted molar refractivity (Wildman–Crippen MR) is 84.6 cm³/mol. The molecule has 1 saturated carbocycles. The molecular weight excluding hydrogens is 337 g/mol. The van der Waals surface area contributed by atoms with Gasteiger partial charge in [-0.05, 0) is 18.6 Å². The summed E-state index contributed by atoms with van der Waals surface area (Å²) >= 11 is 5.87. The van der Waals surface area contributed by atoms with Gasteiger partial charge in [0, 0.05) is 37.8 Å². The molecule has 1 N–H and O–H groups in total. The molecule has 2 aliphatic rings. The first-order chi connectivity index (χ1) is 11.6. The lowest BCUT2D eigenvalue weighted by Crippen LogP contribution is -2.62. The molecule has 24 heavy (non-hydrogen) atoms. The van der Waals surface area contributed by atoms with Gasteiger partial charge in [-0.15, -0.1) is 0 Å². The molecule has 6 nitrogen and oxygen atoms in total. The van der Waals surface area contributed by atoms with E-state index < -0.39 is 11.9 Å². The first-order valence-electron chi connectivity index (χ1n) is 7.84. The monoisotopic (exact) mass is 353 g/mol. The molecule has 0 radical (unpaired) electrons. The van der Waals surface area contributed by atoms with Crippen molar-refractivity contribution in [2.24, 2.45) is 11.8 Å². The molecule has 2 fully saturated rings. The van der Waals surface area contributed by atoms with E-state index in [-0.39, 0.29) is 29.7 Å². The summed E-state index contributed by atoms with van der Waals surface area (Å²) < 4.78 is 26.5. The van der Waals surface area contributed by atoms with Crippen molar-refractivity contribution < 1.29 is 18.7 Å². The van der Waals surface area contributed by atoms with Gasteiger partial charge in [0.2, 0.25) is 5.95 Å². The highest BCUT2D eigenvalue weighted by Gasteiger charge is 2.54. The highest BCUT2D eigenvalue weighted by atomic mass is 35.5. The van der Waals surface area contributed by atoms with E-state index in [4.69, 9.17) is 21.1 Å². The SMILES string of the molecule is COC[C@H]1[C@@H](NC(=O)c2nc3ccc(Cl)cn3c2F)[C@H]2CCO[C@H]21. The van der Waals surface area contributed by atoms with E-state index in [2.05, 4.69) is 10.3 Å². The topological polar surface area (TPSA) is 64.9 Å². The minimum atomic E-state index is -0.716. The Hall–Kier alpha value is -1.70. The Kier molecular flexibility index (Phi) is 3.94. The zero-order valence-electron chi connectivity index (χ0n) is 13.0. The van der Waals surface area contributed by atoms with Crippen LogP contribution in [-0.4, -0.2) is 47.8 Å². The van der Waals surface area contributed by atoms with Crippen molar-refractivity contribution in [3.63, 3.8) is 0 Å². The number of nitrogens with zero attached hydrogens (tertiary/aromatic N) is 2. The number of rotatable bonds is 4. The van der Waals surface area contributed by atoms with Gasteiger partial charge in [-0.3, -0.25) is 9.20 Å². The molecule has 1 amide bonds. The van der Waals surface area contributed by atoms with Gasteiger partial charge < -0.3 is 14.8 Å². The summed E-state index contributed by atoms with van der Waals surface area (Å²) in [6.45, 7) is 1.18. The summed E-state index contributed by atoms with van der Waals surface area (Å²) in [4.78, 5) is 16.6. The number of imidazole rings is 1. The van der Waals surface area contributed by atoms with Crippen LogP contribution in [0.2, 0.25) is 5.02 Å². The Balaban J connectivity index is 1.57. The second-order valence-corrected chi connectivity index (χ2v) is 6.67. The smallest absolute Gasteiger partial charge is 0.274 e. The Bertz CT molecular complexity index is 796. The molecule has 1 aliphatic heterocycles. The van der Waals surface area contributed by atoms with Crippen LogP contribution in [-0.2, 0) is 9.47 Å². The molecule has 8 heteroatoms. The van der Waals surface area contributed by atoms with Gasteiger partial charge >= 0.3 is 0 Å². The lowest BCUT2D eigenvalue weighted by atomic mass is 9.67. The van der Waals surface area contributed by atoms with E-state index in [0.717, 1.165) is 6.42 Å². The maximum Gasteiger partial charge on any atom is 0.274 e. The van der Waals surface area contributed by atoms with Crippen LogP contribution in [0.15, 0.2) is 18.3 Å². The Morgan fingerprint density at radius 2 is 2.42 bits per heavy atom. The van der Waals surface area contributed by atoms with Crippen LogP contribution in [0.25, 0.3) is 5.65 Å². The Morgan fingerprint density at radius 3 is 3.21 bits per heavy atom. The van der Waals surface area contributed by atoms with E-state index in [9.17, 15) is 9.18 Å². The fourth-order valence-corrected chi connectivity index (χ4v) is 3.95. The van der Waals surface area contributed by atoms with Crippen molar-refractivity contribution in [3.8, 4) is 0 Å². The van der Waals surface area contributed by atoms with Crippen LogP contribution in [0, 0.1) is 17.8 Å². The van der Waals surface area contributed by atoms with Crippen LogP contribution < -0.4 is 5.32 Å². The number of carbonyl (C=O) groups is 1. The number of amides is 1. The lowest BCUT2D eigenvalue weighted by molar-refractivity contribution is -0.0810. The molecule has 4 rings (SSSR count). The van der Waals surface area contributed by atoms with E-state index in [1.807, 2.05) is 0 Å². The van der Waals surface area contributed by atoms with E-state index >= 15 is 0 Å². The number of carbonyl (C=O) groups excluding carboxylic acids is 1. The number of pyridine rings is 1. The van der Waals surface area contributed by atoms with Crippen LogP contribution in [0.4, 0.5) is 4.39 Å². The normalized spacial score (nSPS) is 28.6. The third-order valence-electron chi connectivity index (χ3n) is 4.92. The second-order valence-electron chi connectivity index (χ2n) is 6.23. The highest BCUT2D eigenvalue weighted by molar-refractivity contribution is 6.30. The number of fused-ring (bicyclic) bond motifs is 2.